The van der Waals surface area contributed by atoms with E-state index in [1.165, 1.54) is 0 Å². The number of halogens is 4. The number of esters is 1. The van der Waals surface area contributed by atoms with E-state index < -0.39 is 141 Å². The zero-order chi connectivity index (χ0) is 48.6. The Labute approximate surface area is 358 Å². The van der Waals surface area contributed by atoms with Crippen LogP contribution in [0.2, 0.25) is 0 Å². The molecule has 0 aromatic carbocycles. The lowest BCUT2D eigenvalue weighted by Crippen LogP contribution is -2.64. The van der Waals surface area contributed by atoms with Crippen LogP contribution < -0.4 is 0 Å². The summed E-state index contributed by atoms with van der Waals surface area (Å²) in [4.78, 5) is 31.6. The lowest BCUT2D eigenvalue weighted by molar-refractivity contribution is -0.325. The molecule has 0 spiro atoms. The normalized spacial score (nSPS) is 37.7. The lowest BCUT2D eigenvalue weighted by Gasteiger charge is -2.47. The molecule has 4 N–H and O–H groups in total. The van der Waals surface area contributed by atoms with E-state index in [1.807, 2.05) is 0 Å². The van der Waals surface area contributed by atoms with Crippen molar-refractivity contribution in [2.24, 2.45) is 46.8 Å². The predicted molar refractivity (Wildman–Crippen MR) is 201 cm³/mol. The Morgan fingerprint density at radius 2 is 0.985 bits per heavy atom. The molecule has 2 saturated carbocycles. The zero-order valence-corrected chi connectivity index (χ0v) is 33.2. The monoisotopic (exact) mass is 932 g/mol. The van der Waals surface area contributed by atoms with Crippen molar-refractivity contribution >= 4 is 5.97 Å². The smallest absolute Gasteiger partial charge is 0.303 e. The number of hydrogen-bond acceptors (Lipinski definition) is 18. The van der Waals surface area contributed by atoms with Crippen LogP contribution in [0.5, 0.6) is 0 Å². The minimum Gasteiger partial charge on any atom is -0.459 e. The second-order valence-corrected chi connectivity index (χ2v) is 14.1. The summed E-state index contributed by atoms with van der Waals surface area (Å²) < 4.78 is 84.8. The highest BCUT2D eigenvalue weighted by Gasteiger charge is 2.60. The van der Waals surface area contributed by atoms with Crippen molar-refractivity contribution in [3.8, 4) is 0 Å². The van der Waals surface area contributed by atoms with Gasteiger partial charge in [-0.2, -0.15) is 0 Å². The summed E-state index contributed by atoms with van der Waals surface area (Å²) in [7, 11) is 0. The maximum absolute atomic E-state index is 14.8. The van der Waals surface area contributed by atoms with E-state index >= 15 is 0 Å². The van der Waals surface area contributed by atoms with Crippen molar-refractivity contribution in [2.45, 2.75) is 142 Å². The number of aliphatic hydroxyl groups excluding tert-OH is 4. The van der Waals surface area contributed by atoms with Gasteiger partial charge in [-0.1, -0.05) is 47.8 Å². The van der Waals surface area contributed by atoms with Crippen molar-refractivity contribution in [1.82, 2.24) is 0 Å². The van der Waals surface area contributed by atoms with Crippen LogP contribution >= 0.6 is 0 Å². The molecular formula is C27H36F4N24O10. The van der Waals surface area contributed by atoms with Gasteiger partial charge in [0.25, 0.3) is 11.8 Å². The largest absolute Gasteiger partial charge is 0.459 e. The first kappa shape index (κ1) is 52.7. The number of aliphatic hydroxyl groups is 4. The van der Waals surface area contributed by atoms with Gasteiger partial charge < -0.3 is 44.1 Å². The number of carbonyl (C=O) groups excluding carboxylic acids is 1. The SMILES string of the molecule is CC(=O)O[C@@H]1[C@@H](O)[C@H](O[C@H]2O[C@H](CN=[N+]=[N-])C(F)(F)[C@H](C)[C@H]2N=[N+]=[N-])[C@@H](N=[N+]=[N-])C[C@H]1N=[N+]=[N-].[N-]=[N+]=NC[C@H]1O[C@H](O[C@H]2[C@H](O)[C@@H](O)[C@H](N=[N+]=[N-])C[C@@H]2N=[N+]=[N-])[C@H](N=[N+]=[N-])[C@@H](O)C1(F)F. The van der Waals surface area contributed by atoms with Crippen LogP contribution in [0, 0.1) is 5.92 Å². The van der Waals surface area contributed by atoms with Gasteiger partial charge >= 0.3 is 5.97 Å². The Kier molecular flexibility index (Phi) is 19.3. The number of ether oxygens (including phenoxy) is 5. The van der Waals surface area contributed by atoms with Crippen LogP contribution in [-0.4, -0.2) is 155 Å². The van der Waals surface area contributed by atoms with Gasteiger partial charge in [-0.05, 0) is 57.1 Å². The van der Waals surface area contributed by atoms with Crippen molar-refractivity contribution < 1.29 is 66.5 Å². The Morgan fingerprint density at radius 1 is 0.585 bits per heavy atom. The quantitative estimate of drug-likeness (QED) is 0.0561. The minimum absolute atomic E-state index is 0.236. The van der Waals surface area contributed by atoms with Crippen molar-refractivity contribution in [3.63, 3.8) is 0 Å². The minimum atomic E-state index is -4.01. The average molecular weight is 933 g/mol. The third-order valence-electron chi connectivity index (χ3n) is 10.4. The van der Waals surface area contributed by atoms with Gasteiger partial charge in [0.1, 0.15) is 42.7 Å². The fourth-order valence-corrected chi connectivity index (χ4v) is 7.20. The first-order valence-corrected chi connectivity index (χ1v) is 18.4. The third-order valence-corrected chi connectivity index (χ3v) is 10.4. The fraction of sp³-hybridized carbons (Fsp3) is 0.963. The van der Waals surface area contributed by atoms with Gasteiger partial charge in [0.15, 0.2) is 12.6 Å². The number of azide groups is 8. The molecule has 0 unspecified atom stereocenters. The number of carbonyl (C=O) groups is 1. The predicted octanol–water partition coefficient (Wildman–Crippen LogP) is 4.98. The van der Waals surface area contributed by atoms with Crippen molar-refractivity contribution in [1.29, 1.82) is 0 Å². The standard InChI is InChI=1S/C15H20F2N12O5.C12H16F2N12O5/c1-5-10(25-29-21)14(33-9(4-22-26-18)15(5,16)17)34-13-8(24-28-20)3-7(23-27-19)12(11(13)31)32-6(2)30;13-12(14)5(2-19-23-15)30-11(6(10(12)29)22-26-18)31-9-4(21-25-17)1-3(20-24-16)7(27)8(9)28/h5,7-14,31H,3-4H2,1-2H3;3-11,27-29H,1-2H2/t5-,7-,8+,9-,10-,11-,12+,13-,14-;3-,4+,5-,6-,7+,8-,9-,10-,11-/m11/s1. The summed E-state index contributed by atoms with van der Waals surface area (Å²) in [5.41, 5.74) is 69.5. The Hall–Kier alpha value is -6.65. The number of rotatable bonds is 15. The molecule has 34 nitrogen and oxygen atoms in total. The fourth-order valence-electron chi connectivity index (χ4n) is 7.20. The number of alkyl halides is 4. The van der Waals surface area contributed by atoms with Crippen LogP contribution in [0.3, 0.4) is 0 Å². The van der Waals surface area contributed by atoms with E-state index in [2.05, 4.69) is 80.2 Å². The molecule has 0 amide bonds. The Bertz CT molecular complexity index is 2090. The molecule has 65 heavy (non-hydrogen) atoms. The zero-order valence-electron chi connectivity index (χ0n) is 33.2. The molecule has 2 aliphatic heterocycles. The van der Waals surface area contributed by atoms with Gasteiger partial charge in [0.2, 0.25) is 0 Å². The van der Waals surface area contributed by atoms with E-state index in [1.54, 1.807) is 0 Å². The topological polar surface area (TPSA) is 534 Å². The van der Waals surface area contributed by atoms with E-state index in [0.29, 0.717) is 0 Å². The highest BCUT2D eigenvalue weighted by atomic mass is 19.3. The van der Waals surface area contributed by atoms with E-state index in [9.17, 15) is 42.8 Å². The summed E-state index contributed by atoms with van der Waals surface area (Å²) in [6.45, 7) is 0.417. The molecule has 352 valence electrons. The maximum atomic E-state index is 14.8. The molecule has 0 aromatic heterocycles. The molecular weight excluding hydrogens is 896 g/mol. The maximum Gasteiger partial charge on any atom is 0.303 e. The second-order valence-electron chi connectivity index (χ2n) is 14.1. The molecule has 4 aliphatic rings. The summed E-state index contributed by atoms with van der Waals surface area (Å²) in [6.07, 6.45) is -20.7. The second kappa shape index (κ2) is 23.9. The van der Waals surface area contributed by atoms with Crippen LogP contribution in [0.25, 0.3) is 83.5 Å². The van der Waals surface area contributed by atoms with Crippen LogP contribution in [0.15, 0.2) is 40.9 Å². The molecule has 38 heteroatoms. The highest BCUT2D eigenvalue weighted by Crippen LogP contribution is 2.43. The Morgan fingerprint density at radius 3 is 1.45 bits per heavy atom. The summed E-state index contributed by atoms with van der Waals surface area (Å²) in [5, 5.41) is 67.6. The summed E-state index contributed by atoms with van der Waals surface area (Å²) in [6, 6.07) is -8.43. The molecule has 0 bridgehead atoms. The molecule has 4 fully saturated rings. The van der Waals surface area contributed by atoms with Gasteiger partial charge in [0.05, 0.1) is 61.6 Å². The van der Waals surface area contributed by atoms with E-state index in [4.69, 9.17) is 67.9 Å². The van der Waals surface area contributed by atoms with E-state index in [0.717, 1.165) is 13.8 Å². The highest BCUT2D eigenvalue weighted by molar-refractivity contribution is 5.66. The van der Waals surface area contributed by atoms with Gasteiger partial charge in [-0.15, -0.1) is 0 Å². The van der Waals surface area contributed by atoms with Gasteiger partial charge in [-0.25, -0.2) is 17.6 Å². The molecule has 2 aliphatic carbocycles. The van der Waals surface area contributed by atoms with E-state index in [-0.39, 0.29) is 12.8 Å². The summed E-state index contributed by atoms with van der Waals surface area (Å²) in [5.74, 6) is -10.1. The average Bonchev–Trinajstić information content (AvgIpc) is 3.25. The Balaban J connectivity index is 0.000000347. The number of nitrogens with zero attached hydrogens (tertiary/aromatic N) is 24. The molecule has 4 rings (SSSR count). The van der Waals surface area contributed by atoms with Gasteiger partial charge in [-0.3, -0.25) is 4.79 Å². The van der Waals surface area contributed by atoms with Crippen LogP contribution in [-0.2, 0) is 28.5 Å². The molecule has 2 saturated heterocycles. The van der Waals surface area contributed by atoms with Crippen molar-refractivity contribution in [3.05, 3.63) is 83.5 Å². The first-order chi connectivity index (χ1) is 30.8. The molecule has 18 atom stereocenters. The molecule has 2 heterocycles. The van der Waals surface area contributed by atoms with Crippen molar-refractivity contribution in [2.75, 3.05) is 13.1 Å². The molecule has 0 radical (unpaired) electrons. The summed E-state index contributed by atoms with van der Waals surface area (Å²) >= 11 is 0. The van der Waals surface area contributed by atoms with Crippen LogP contribution in [0.1, 0.15) is 26.7 Å². The first-order valence-electron chi connectivity index (χ1n) is 18.4. The lowest BCUT2D eigenvalue weighted by atomic mass is 9.83. The third kappa shape index (κ3) is 12.3. The van der Waals surface area contributed by atoms with Gasteiger partial charge in [0, 0.05) is 52.1 Å². The number of hydrogen-bond donors (Lipinski definition) is 4. The van der Waals surface area contributed by atoms with Crippen LogP contribution in [0.4, 0.5) is 17.6 Å². The molecule has 0 aromatic rings.